The van der Waals surface area contributed by atoms with E-state index in [1.165, 1.54) is 25.7 Å². The SMILES string of the molecule is CCC(C)C(C)(O)CNC(=O)NC(C1CC1)C1CC1. The molecule has 0 aromatic carbocycles. The molecule has 0 spiro atoms. The van der Waals surface area contributed by atoms with Gasteiger partial charge in [0, 0.05) is 12.6 Å². The highest BCUT2D eigenvalue weighted by Gasteiger charge is 2.42. The molecule has 2 unspecified atom stereocenters. The van der Waals surface area contributed by atoms with Crippen molar-refractivity contribution >= 4 is 6.03 Å². The Morgan fingerprint density at radius 2 is 1.84 bits per heavy atom. The van der Waals surface area contributed by atoms with Crippen LogP contribution in [0.3, 0.4) is 0 Å². The van der Waals surface area contributed by atoms with E-state index in [9.17, 15) is 9.90 Å². The maximum atomic E-state index is 11.9. The summed E-state index contributed by atoms with van der Waals surface area (Å²) in [5.74, 6) is 1.58. The number of rotatable bonds is 7. The molecule has 0 aromatic heterocycles. The van der Waals surface area contributed by atoms with Crippen molar-refractivity contribution in [3.8, 4) is 0 Å². The number of carbonyl (C=O) groups excluding carboxylic acids is 1. The van der Waals surface area contributed by atoms with Gasteiger partial charge in [0.15, 0.2) is 0 Å². The van der Waals surface area contributed by atoms with Crippen LogP contribution in [-0.4, -0.2) is 29.3 Å². The second-order valence-corrected chi connectivity index (χ2v) is 6.69. The Kier molecular flexibility index (Phi) is 4.39. The molecule has 2 aliphatic rings. The van der Waals surface area contributed by atoms with Crippen molar-refractivity contribution in [2.75, 3.05) is 6.54 Å². The second-order valence-electron chi connectivity index (χ2n) is 6.69. The molecule has 2 rings (SSSR count). The van der Waals surface area contributed by atoms with Gasteiger partial charge in [0.05, 0.1) is 5.60 Å². The third kappa shape index (κ3) is 4.10. The van der Waals surface area contributed by atoms with Gasteiger partial charge in [-0.2, -0.15) is 0 Å². The summed E-state index contributed by atoms with van der Waals surface area (Å²) in [4.78, 5) is 11.9. The van der Waals surface area contributed by atoms with E-state index in [0.717, 1.165) is 6.42 Å². The quantitative estimate of drug-likeness (QED) is 0.663. The van der Waals surface area contributed by atoms with Gasteiger partial charge in [-0.25, -0.2) is 4.79 Å². The highest BCUT2D eigenvalue weighted by Crippen LogP contribution is 2.44. The largest absolute Gasteiger partial charge is 0.388 e. The lowest BCUT2D eigenvalue weighted by Gasteiger charge is -2.30. The fourth-order valence-corrected chi connectivity index (χ4v) is 2.61. The molecule has 0 heterocycles. The van der Waals surface area contributed by atoms with Crippen LogP contribution in [-0.2, 0) is 0 Å². The summed E-state index contributed by atoms with van der Waals surface area (Å²) in [7, 11) is 0. The van der Waals surface area contributed by atoms with Gasteiger partial charge in [-0.1, -0.05) is 20.3 Å². The van der Waals surface area contributed by atoms with Crippen molar-refractivity contribution < 1.29 is 9.90 Å². The second kappa shape index (κ2) is 5.70. The minimum absolute atomic E-state index is 0.118. The van der Waals surface area contributed by atoms with Gasteiger partial charge in [0.1, 0.15) is 0 Å². The summed E-state index contributed by atoms with van der Waals surface area (Å²) < 4.78 is 0. The topological polar surface area (TPSA) is 61.4 Å². The zero-order valence-corrected chi connectivity index (χ0v) is 12.4. The highest BCUT2D eigenvalue weighted by molar-refractivity contribution is 5.74. The van der Waals surface area contributed by atoms with E-state index in [0.29, 0.717) is 24.4 Å². The summed E-state index contributed by atoms with van der Waals surface area (Å²) in [5.41, 5.74) is -0.833. The number of aliphatic hydroxyl groups is 1. The van der Waals surface area contributed by atoms with E-state index in [4.69, 9.17) is 0 Å². The zero-order valence-electron chi connectivity index (χ0n) is 12.4. The van der Waals surface area contributed by atoms with E-state index in [1.54, 1.807) is 6.92 Å². The molecule has 0 radical (unpaired) electrons. The van der Waals surface area contributed by atoms with E-state index in [1.807, 2.05) is 6.92 Å². The van der Waals surface area contributed by atoms with Crippen LogP contribution in [0, 0.1) is 17.8 Å². The van der Waals surface area contributed by atoms with Gasteiger partial charge >= 0.3 is 6.03 Å². The van der Waals surface area contributed by atoms with Crippen LogP contribution in [0.5, 0.6) is 0 Å². The molecule has 2 amide bonds. The first-order valence-corrected chi connectivity index (χ1v) is 7.70. The van der Waals surface area contributed by atoms with Crippen molar-refractivity contribution in [2.24, 2.45) is 17.8 Å². The normalized spacial score (nSPS) is 23.8. The van der Waals surface area contributed by atoms with Crippen molar-refractivity contribution in [1.82, 2.24) is 10.6 Å². The fraction of sp³-hybridized carbons (Fsp3) is 0.933. The summed E-state index contributed by atoms with van der Waals surface area (Å²) >= 11 is 0. The van der Waals surface area contributed by atoms with Crippen molar-refractivity contribution in [3.05, 3.63) is 0 Å². The Hall–Kier alpha value is -0.770. The number of urea groups is 1. The molecule has 4 nitrogen and oxygen atoms in total. The van der Waals surface area contributed by atoms with E-state index in [-0.39, 0.29) is 11.9 Å². The van der Waals surface area contributed by atoms with Crippen molar-refractivity contribution in [2.45, 2.75) is 64.5 Å². The van der Waals surface area contributed by atoms with Crippen LogP contribution in [0.25, 0.3) is 0 Å². The average molecular weight is 268 g/mol. The molecule has 110 valence electrons. The summed E-state index contributed by atoms with van der Waals surface area (Å²) in [6.07, 6.45) is 5.93. The molecular formula is C15H28N2O2. The first-order chi connectivity index (χ1) is 8.94. The summed E-state index contributed by atoms with van der Waals surface area (Å²) in [5, 5.41) is 16.2. The van der Waals surface area contributed by atoms with Crippen LogP contribution in [0.2, 0.25) is 0 Å². The minimum atomic E-state index is -0.833. The van der Waals surface area contributed by atoms with Crippen molar-refractivity contribution in [3.63, 3.8) is 0 Å². The standard InChI is InChI=1S/C15H28N2O2/c1-4-10(2)15(3,19)9-16-14(18)17-13(11-5-6-11)12-7-8-12/h10-13,19H,4-9H2,1-3H3,(H2,16,17,18). The molecule has 19 heavy (non-hydrogen) atoms. The Bertz CT molecular complexity index is 310. The Balaban J connectivity index is 1.74. The monoisotopic (exact) mass is 268 g/mol. The number of hydrogen-bond acceptors (Lipinski definition) is 2. The third-order valence-electron chi connectivity index (χ3n) is 4.84. The molecule has 2 fully saturated rings. The Morgan fingerprint density at radius 3 is 2.26 bits per heavy atom. The molecule has 4 heteroatoms. The molecule has 3 N–H and O–H groups in total. The fourth-order valence-electron chi connectivity index (χ4n) is 2.61. The number of hydrogen-bond donors (Lipinski definition) is 3. The minimum Gasteiger partial charge on any atom is -0.388 e. The number of amides is 2. The Labute approximate surface area is 116 Å². The molecular weight excluding hydrogens is 240 g/mol. The summed E-state index contributed by atoms with van der Waals surface area (Å²) in [6.45, 7) is 6.17. The van der Waals surface area contributed by atoms with E-state index in [2.05, 4.69) is 17.6 Å². The Morgan fingerprint density at radius 1 is 1.32 bits per heavy atom. The van der Waals surface area contributed by atoms with Crippen molar-refractivity contribution in [1.29, 1.82) is 0 Å². The van der Waals surface area contributed by atoms with Crippen LogP contribution in [0.15, 0.2) is 0 Å². The number of nitrogens with one attached hydrogen (secondary N) is 2. The smallest absolute Gasteiger partial charge is 0.315 e. The van der Waals surface area contributed by atoms with Gasteiger partial charge in [0.25, 0.3) is 0 Å². The molecule has 0 aromatic rings. The summed E-state index contributed by atoms with van der Waals surface area (Å²) in [6, 6.07) is 0.251. The molecule has 0 saturated heterocycles. The molecule has 2 atom stereocenters. The van der Waals surface area contributed by atoms with Crippen LogP contribution < -0.4 is 10.6 Å². The lowest BCUT2D eigenvalue weighted by Crippen LogP contribution is -2.50. The van der Waals surface area contributed by atoms with Gasteiger partial charge in [0.2, 0.25) is 0 Å². The lowest BCUT2D eigenvalue weighted by molar-refractivity contribution is 0.00780. The van der Waals surface area contributed by atoms with Crippen LogP contribution in [0.1, 0.15) is 52.9 Å². The molecule has 2 aliphatic carbocycles. The van der Waals surface area contributed by atoms with E-state index < -0.39 is 5.60 Å². The highest BCUT2D eigenvalue weighted by atomic mass is 16.3. The van der Waals surface area contributed by atoms with Gasteiger partial charge in [-0.3, -0.25) is 0 Å². The molecule has 0 aliphatic heterocycles. The van der Waals surface area contributed by atoms with E-state index >= 15 is 0 Å². The molecule has 2 saturated carbocycles. The molecule has 0 bridgehead atoms. The van der Waals surface area contributed by atoms with Gasteiger partial charge in [-0.05, 0) is 50.4 Å². The first kappa shape index (κ1) is 14.6. The predicted molar refractivity (Wildman–Crippen MR) is 75.8 cm³/mol. The maximum Gasteiger partial charge on any atom is 0.315 e. The lowest BCUT2D eigenvalue weighted by atomic mass is 9.89. The van der Waals surface area contributed by atoms with Gasteiger partial charge < -0.3 is 15.7 Å². The van der Waals surface area contributed by atoms with Gasteiger partial charge in [-0.15, -0.1) is 0 Å². The average Bonchev–Trinajstić information content (AvgIpc) is 3.24. The third-order valence-corrected chi connectivity index (χ3v) is 4.84. The zero-order chi connectivity index (χ0) is 14.0. The van der Waals surface area contributed by atoms with Crippen LogP contribution in [0.4, 0.5) is 4.79 Å². The first-order valence-electron chi connectivity index (χ1n) is 7.70. The maximum absolute atomic E-state index is 11.9. The van der Waals surface area contributed by atoms with Crippen LogP contribution >= 0.6 is 0 Å². The number of carbonyl (C=O) groups is 1. The predicted octanol–water partition coefficient (Wildman–Crippen LogP) is 2.27.